The first-order valence-electron chi connectivity index (χ1n) is 5.35. The van der Waals surface area contributed by atoms with Crippen LogP contribution in [-0.2, 0) is 0 Å². The van der Waals surface area contributed by atoms with E-state index in [1.807, 2.05) is 0 Å². The Labute approximate surface area is 130 Å². The number of benzene rings is 1. The number of aromatic nitrogens is 1. The number of hydrogen-bond donors (Lipinski definition) is 1. The molecular weight excluding hydrogens is 394 g/mol. The summed E-state index contributed by atoms with van der Waals surface area (Å²) in [5.74, 6) is -0.525. The van der Waals surface area contributed by atoms with Crippen LogP contribution in [0.4, 0.5) is 11.4 Å². The number of nitro groups is 1. The molecule has 0 radical (unpaired) electrons. The standard InChI is InChI=1S/C12H7Br2N3O3/c13-7-3-4-9(10(6-7)17(19)20)16-12(18)11-8(14)2-1-5-15-11/h1-6H,(H,16,18). The van der Waals surface area contributed by atoms with Gasteiger partial charge >= 0.3 is 0 Å². The molecule has 0 spiro atoms. The van der Waals surface area contributed by atoms with Gasteiger partial charge in [0.25, 0.3) is 11.6 Å². The molecule has 1 aromatic heterocycles. The van der Waals surface area contributed by atoms with Crippen molar-refractivity contribution in [2.75, 3.05) is 5.32 Å². The number of pyridine rings is 1. The topological polar surface area (TPSA) is 85.1 Å². The van der Waals surface area contributed by atoms with Crippen LogP contribution in [0.15, 0.2) is 45.5 Å². The fourth-order valence-corrected chi connectivity index (χ4v) is 2.28. The van der Waals surface area contributed by atoms with Crippen molar-refractivity contribution in [2.24, 2.45) is 0 Å². The number of nitrogens with one attached hydrogen (secondary N) is 1. The summed E-state index contributed by atoms with van der Waals surface area (Å²) in [5.41, 5.74) is 0.0743. The number of nitro benzene ring substituents is 1. The predicted octanol–water partition coefficient (Wildman–Crippen LogP) is 3.77. The van der Waals surface area contributed by atoms with Crippen molar-refractivity contribution >= 4 is 49.1 Å². The van der Waals surface area contributed by atoms with E-state index >= 15 is 0 Å². The van der Waals surface area contributed by atoms with Crippen LogP contribution in [0.5, 0.6) is 0 Å². The van der Waals surface area contributed by atoms with Crippen molar-refractivity contribution in [2.45, 2.75) is 0 Å². The minimum Gasteiger partial charge on any atom is -0.315 e. The van der Waals surface area contributed by atoms with Gasteiger partial charge in [-0.15, -0.1) is 0 Å². The summed E-state index contributed by atoms with van der Waals surface area (Å²) < 4.78 is 1.07. The molecule has 20 heavy (non-hydrogen) atoms. The zero-order valence-corrected chi connectivity index (χ0v) is 13.0. The molecule has 0 saturated heterocycles. The van der Waals surface area contributed by atoms with Crippen LogP contribution >= 0.6 is 31.9 Å². The second-order valence-electron chi connectivity index (χ2n) is 3.71. The molecular formula is C12H7Br2N3O3. The molecule has 0 unspecified atom stereocenters. The van der Waals surface area contributed by atoms with Crippen molar-refractivity contribution in [1.82, 2.24) is 4.98 Å². The van der Waals surface area contributed by atoms with Gasteiger partial charge in [0.15, 0.2) is 0 Å². The van der Waals surface area contributed by atoms with Crippen molar-refractivity contribution in [1.29, 1.82) is 0 Å². The van der Waals surface area contributed by atoms with Crippen LogP contribution in [0.1, 0.15) is 10.5 Å². The normalized spacial score (nSPS) is 10.1. The Bertz CT molecular complexity index is 691. The summed E-state index contributed by atoms with van der Waals surface area (Å²) in [7, 11) is 0. The number of halogens is 2. The molecule has 102 valence electrons. The second-order valence-corrected chi connectivity index (χ2v) is 5.48. The highest BCUT2D eigenvalue weighted by atomic mass is 79.9. The van der Waals surface area contributed by atoms with E-state index in [9.17, 15) is 14.9 Å². The first-order valence-corrected chi connectivity index (χ1v) is 6.93. The number of carbonyl (C=O) groups excluding carboxylic acids is 1. The Kier molecular flexibility index (Phi) is 4.46. The van der Waals surface area contributed by atoms with E-state index in [0.29, 0.717) is 8.95 Å². The molecule has 0 aliphatic carbocycles. The molecule has 0 aliphatic rings. The van der Waals surface area contributed by atoms with Crippen molar-refractivity contribution < 1.29 is 9.72 Å². The van der Waals surface area contributed by atoms with Crippen LogP contribution in [0.25, 0.3) is 0 Å². The summed E-state index contributed by atoms with van der Waals surface area (Å²) in [4.78, 5) is 26.4. The largest absolute Gasteiger partial charge is 0.315 e. The number of hydrogen-bond acceptors (Lipinski definition) is 4. The van der Waals surface area contributed by atoms with Gasteiger partial charge in [-0.05, 0) is 40.2 Å². The Morgan fingerprint density at radius 1 is 1.30 bits per heavy atom. The number of anilines is 1. The van der Waals surface area contributed by atoms with E-state index in [4.69, 9.17) is 0 Å². The minimum absolute atomic E-state index is 0.112. The van der Waals surface area contributed by atoms with Gasteiger partial charge < -0.3 is 5.32 Å². The Balaban J connectivity index is 2.33. The Morgan fingerprint density at radius 2 is 2.05 bits per heavy atom. The van der Waals surface area contributed by atoms with E-state index in [-0.39, 0.29) is 17.1 Å². The van der Waals surface area contributed by atoms with Crippen molar-refractivity contribution in [3.8, 4) is 0 Å². The number of rotatable bonds is 3. The third kappa shape index (κ3) is 3.20. The van der Waals surface area contributed by atoms with Crippen LogP contribution in [0, 0.1) is 10.1 Å². The van der Waals surface area contributed by atoms with Gasteiger partial charge in [-0.2, -0.15) is 0 Å². The minimum atomic E-state index is -0.562. The lowest BCUT2D eigenvalue weighted by atomic mass is 10.2. The van der Waals surface area contributed by atoms with E-state index in [1.165, 1.54) is 18.3 Å². The van der Waals surface area contributed by atoms with Crippen LogP contribution in [0.2, 0.25) is 0 Å². The fraction of sp³-hybridized carbons (Fsp3) is 0. The highest BCUT2D eigenvalue weighted by Gasteiger charge is 2.18. The first kappa shape index (κ1) is 14.6. The molecule has 1 heterocycles. The highest BCUT2D eigenvalue weighted by molar-refractivity contribution is 9.10. The molecule has 6 nitrogen and oxygen atoms in total. The number of nitrogens with zero attached hydrogens (tertiary/aromatic N) is 2. The van der Waals surface area contributed by atoms with Crippen molar-refractivity contribution in [3.05, 3.63) is 61.3 Å². The zero-order valence-electron chi connectivity index (χ0n) is 9.84. The van der Waals surface area contributed by atoms with Gasteiger partial charge in [0, 0.05) is 21.2 Å². The molecule has 1 amide bonds. The lowest BCUT2D eigenvalue weighted by Gasteiger charge is -2.06. The van der Waals surface area contributed by atoms with Gasteiger partial charge in [-0.3, -0.25) is 14.9 Å². The van der Waals surface area contributed by atoms with Crippen molar-refractivity contribution in [3.63, 3.8) is 0 Å². The van der Waals surface area contributed by atoms with E-state index in [2.05, 4.69) is 42.2 Å². The molecule has 0 fully saturated rings. The smallest absolute Gasteiger partial charge is 0.293 e. The van der Waals surface area contributed by atoms with Gasteiger partial charge in [0.1, 0.15) is 11.4 Å². The maximum Gasteiger partial charge on any atom is 0.293 e. The summed E-state index contributed by atoms with van der Waals surface area (Å²) in [6.07, 6.45) is 1.47. The molecule has 0 saturated carbocycles. The average Bonchev–Trinajstić information content (AvgIpc) is 2.41. The molecule has 1 N–H and O–H groups in total. The first-order chi connectivity index (χ1) is 9.49. The molecule has 2 aromatic rings. The fourth-order valence-electron chi connectivity index (χ4n) is 1.50. The molecule has 0 bridgehead atoms. The van der Waals surface area contributed by atoms with Gasteiger partial charge in [0.05, 0.1) is 4.92 Å². The molecule has 0 aliphatic heterocycles. The van der Waals surface area contributed by atoms with E-state index < -0.39 is 10.8 Å². The third-order valence-corrected chi connectivity index (χ3v) is 3.51. The molecule has 2 rings (SSSR count). The molecule has 1 aromatic carbocycles. The maximum absolute atomic E-state index is 12.1. The highest BCUT2D eigenvalue weighted by Crippen LogP contribution is 2.28. The monoisotopic (exact) mass is 399 g/mol. The summed E-state index contributed by atoms with van der Waals surface area (Å²) in [5, 5.41) is 13.4. The second kappa shape index (κ2) is 6.10. The summed E-state index contributed by atoms with van der Waals surface area (Å²) in [6, 6.07) is 7.72. The predicted molar refractivity (Wildman–Crippen MR) is 80.7 cm³/mol. The van der Waals surface area contributed by atoms with E-state index in [1.54, 1.807) is 18.2 Å². The SMILES string of the molecule is O=C(Nc1ccc(Br)cc1[N+](=O)[O-])c1ncccc1Br. The quantitative estimate of drug-likeness (QED) is 0.627. The lowest BCUT2D eigenvalue weighted by Crippen LogP contribution is -2.15. The van der Waals surface area contributed by atoms with Crippen LogP contribution in [-0.4, -0.2) is 15.8 Å². The average molecular weight is 401 g/mol. The zero-order chi connectivity index (χ0) is 14.7. The van der Waals surface area contributed by atoms with Gasteiger partial charge in [-0.1, -0.05) is 15.9 Å². The van der Waals surface area contributed by atoms with Crippen LogP contribution in [0.3, 0.4) is 0 Å². The third-order valence-electron chi connectivity index (χ3n) is 2.38. The summed E-state index contributed by atoms with van der Waals surface area (Å²) >= 11 is 6.35. The maximum atomic E-state index is 12.1. The van der Waals surface area contributed by atoms with E-state index in [0.717, 1.165) is 0 Å². The molecule has 0 atom stereocenters. The summed E-state index contributed by atoms with van der Waals surface area (Å²) in [6.45, 7) is 0. The number of carbonyl (C=O) groups is 1. The van der Waals surface area contributed by atoms with Crippen LogP contribution < -0.4 is 5.32 Å². The van der Waals surface area contributed by atoms with Gasteiger partial charge in [-0.25, -0.2) is 4.98 Å². The molecule has 8 heteroatoms. The van der Waals surface area contributed by atoms with Gasteiger partial charge in [0.2, 0.25) is 0 Å². The lowest BCUT2D eigenvalue weighted by molar-refractivity contribution is -0.384. The Hall–Kier alpha value is -1.80. The number of amides is 1. The Morgan fingerprint density at radius 3 is 2.70 bits per heavy atom.